The number of aliphatic carboxylic acids is 1. The molecule has 1 aromatic rings. The van der Waals surface area contributed by atoms with Crippen molar-refractivity contribution in [3.8, 4) is 0 Å². The average molecular weight is 183 g/mol. The maximum atomic E-state index is 13.0. The van der Waals surface area contributed by atoms with Crippen molar-refractivity contribution in [3.63, 3.8) is 0 Å². The molecule has 0 aromatic heterocycles. The van der Waals surface area contributed by atoms with E-state index in [9.17, 15) is 14.3 Å². The van der Waals surface area contributed by atoms with Crippen LogP contribution in [-0.4, -0.2) is 5.97 Å². The number of carboxylic acid groups (broad SMARTS) is 1. The van der Waals surface area contributed by atoms with Crippen LogP contribution in [0.1, 0.15) is 17.2 Å². The highest BCUT2D eigenvalue weighted by Gasteiger charge is 2.11. The Hall–Kier alpha value is -1.42. The molecule has 0 spiro atoms. The number of hydrogen-bond acceptors (Lipinski definition) is 2. The van der Waals surface area contributed by atoms with Crippen LogP contribution in [0.5, 0.6) is 0 Å². The summed E-state index contributed by atoms with van der Waals surface area (Å²) in [5, 5.41) is 10.4. The Balaban J connectivity index is 3.03. The lowest BCUT2D eigenvalue weighted by atomic mass is 10.1. The molecule has 13 heavy (non-hydrogen) atoms. The quantitative estimate of drug-likeness (QED) is 0.650. The Morgan fingerprint density at radius 2 is 2.23 bits per heavy atom. The largest absolute Gasteiger partial charge is 0.544 e. The van der Waals surface area contributed by atoms with E-state index in [2.05, 4.69) is 5.73 Å². The summed E-state index contributed by atoms with van der Waals surface area (Å²) < 4.78 is 13.0. The Morgan fingerprint density at radius 3 is 2.69 bits per heavy atom. The van der Waals surface area contributed by atoms with Crippen LogP contribution in [0.3, 0.4) is 0 Å². The molecule has 3 N–H and O–H groups in total. The summed E-state index contributed by atoms with van der Waals surface area (Å²) in [6.45, 7) is 1.61. The van der Waals surface area contributed by atoms with E-state index in [0.29, 0.717) is 11.1 Å². The molecule has 1 aromatic carbocycles. The Bertz CT molecular complexity index is 338. The smallest absolute Gasteiger partial charge is 0.150 e. The van der Waals surface area contributed by atoms with E-state index in [-0.39, 0.29) is 0 Å². The SMILES string of the molecule is Cc1ccc([C@@H]([NH3+])C(=O)[O-])cc1F. The summed E-state index contributed by atoms with van der Waals surface area (Å²) in [6, 6.07) is 3.20. The van der Waals surface area contributed by atoms with Gasteiger partial charge in [-0.1, -0.05) is 12.1 Å². The van der Waals surface area contributed by atoms with Crippen LogP contribution in [0.2, 0.25) is 0 Å². The van der Waals surface area contributed by atoms with E-state index in [4.69, 9.17) is 0 Å². The van der Waals surface area contributed by atoms with Gasteiger partial charge in [-0.05, 0) is 18.6 Å². The van der Waals surface area contributed by atoms with Gasteiger partial charge in [-0.2, -0.15) is 0 Å². The monoisotopic (exact) mass is 183 g/mol. The van der Waals surface area contributed by atoms with Crippen LogP contribution in [0.15, 0.2) is 18.2 Å². The fourth-order valence-electron chi connectivity index (χ4n) is 0.962. The number of aryl methyl sites for hydroxylation is 1. The molecule has 0 saturated heterocycles. The fourth-order valence-corrected chi connectivity index (χ4v) is 0.962. The predicted molar refractivity (Wildman–Crippen MR) is 41.8 cm³/mol. The van der Waals surface area contributed by atoms with E-state index >= 15 is 0 Å². The zero-order valence-corrected chi connectivity index (χ0v) is 7.21. The highest BCUT2D eigenvalue weighted by atomic mass is 19.1. The first-order valence-electron chi connectivity index (χ1n) is 3.82. The molecule has 3 nitrogen and oxygen atoms in total. The van der Waals surface area contributed by atoms with Gasteiger partial charge in [0.2, 0.25) is 0 Å². The Kier molecular flexibility index (Phi) is 2.63. The minimum atomic E-state index is -1.30. The molecular formula is C9H10FNO2. The summed E-state index contributed by atoms with van der Waals surface area (Å²) in [4.78, 5) is 10.4. The van der Waals surface area contributed by atoms with E-state index in [0.717, 1.165) is 0 Å². The highest BCUT2D eigenvalue weighted by molar-refractivity contribution is 5.71. The lowest BCUT2D eigenvalue weighted by Crippen LogP contribution is -2.61. The number of carbonyl (C=O) groups is 1. The first kappa shape index (κ1) is 9.67. The maximum Gasteiger partial charge on any atom is 0.150 e. The molecule has 1 atom stereocenters. The van der Waals surface area contributed by atoms with Crippen LogP contribution >= 0.6 is 0 Å². The number of hydrogen-bond donors (Lipinski definition) is 1. The lowest BCUT2D eigenvalue weighted by molar-refractivity contribution is -0.443. The van der Waals surface area contributed by atoms with Gasteiger partial charge in [0.1, 0.15) is 11.8 Å². The number of carbonyl (C=O) groups excluding carboxylic acids is 1. The van der Waals surface area contributed by atoms with Gasteiger partial charge in [-0.3, -0.25) is 0 Å². The van der Waals surface area contributed by atoms with Crippen LogP contribution in [0.4, 0.5) is 4.39 Å². The van der Waals surface area contributed by atoms with Gasteiger partial charge in [0.25, 0.3) is 0 Å². The predicted octanol–water partition coefficient (Wildman–Crippen LogP) is -0.833. The van der Waals surface area contributed by atoms with Crippen LogP contribution in [-0.2, 0) is 4.79 Å². The third-order valence-electron chi connectivity index (χ3n) is 1.88. The third-order valence-corrected chi connectivity index (χ3v) is 1.88. The van der Waals surface area contributed by atoms with Gasteiger partial charge in [-0.25, -0.2) is 4.39 Å². The second-order valence-corrected chi connectivity index (χ2v) is 2.88. The van der Waals surface area contributed by atoms with Gasteiger partial charge in [0.15, 0.2) is 6.04 Å². The molecule has 0 fully saturated rings. The molecule has 1 rings (SSSR count). The van der Waals surface area contributed by atoms with E-state index in [1.807, 2.05) is 0 Å². The summed E-state index contributed by atoms with van der Waals surface area (Å²) in [6.07, 6.45) is 0. The Morgan fingerprint density at radius 1 is 1.62 bits per heavy atom. The van der Waals surface area contributed by atoms with Crippen LogP contribution in [0, 0.1) is 12.7 Å². The maximum absolute atomic E-state index is 13.0. The second kappa shape index (κ2) is 3.53. The highest BCUT2D eigenvalue weighted by Crippen LogP contribution is 2.13. The summed E-state index contributed by atoms with van der Waals surface area (Å²) in [5.41, 5.74) is 4.15. The van der Waals surface area contributed by atoms with Crippen molar-refractivity contribution in [1.82, 2.24) is 0 Å². The number of carboxylic acids is 1. The fraction of sp³-hybridized carbons (Fsp3) is 0.222. The van der Waals surface area contributed by atoms with E-state index in [1.54, 1.807) is 6.92 Å². The van der Waals surface area contributed by atoms with Crippen molar-refractivity contribution >= 4 is 5.97 Å². The molecule has 0 unspecified atom stereocenters. The summed E-state index contributed by atoms with van der Waals surface area (Å²) in [7, 11) is 0. The second-order valence-electron chi connectivity index (χ2n) is 2.88. The minimum absolute atomic E-state index is 0.322. The molecule has 4 heteroatoms. The van der Waals surface area contributed by atoms with Gasteiger partial charge >= 0.3 is 0 Å². The first-order valence-corrected chi connectivity index (χ1v) is 3.82. The molecule has 0 aliphatic heterocycles. The van der Waals surface area contributed by atoms with Crippen molar-refractivity contribution in [1.29, 1.82) is 0 Å². The van der Waals surface area contributed by atoms with Gasteiger partial charge < -0.3 is 15.6 Å². The molecule has 0 aliphatic carbocycles. The van der Waals surface area contributed by atoms with Crippen molar-refractivity contribution in [2.75, 3.05) is 0 Å². The van der Waals surface area contributed by atoms with Crippen molar-refractivity contribution < 1.29 is 20.0 Å². The molecule has 0 bridgehead atoms. The molecule has 0 heterocycles. The third kappa shape index (κ3) is 2.03. The normalized spacial score (nSPS) is 12.5. The molecule has 70 valence electrons. The molecule has 0 saturated carbocycles. The van der Waals surface area contributed by atoms with E-state index in [1.165, 1.54) is 18.2 Å². The van der Waals surface area contributed by atoms with Crippen molar-refractivity contribution in [2.24, 2.45) is 0 Å². The molecule has 0 amide bonds. The standard InChI is InChI=1S/C9H10FNO2/c1-5-2-3-6(4-7(5)10)8(11)9(12)13/h2-4,8H,11H2,1H3,(H,12,13)/t8-/m1/s1. The lowest BCUT2D eigenvalue weighted by Gasteiger charge is -2.09. The zero-order valence-electron chi connectivity index (χ0n) is 7.21. The summed E-state index contributed by atoms with van der Waals surface area (Å²) >= 11 is 0. The summed E-state index contributed by atoms with van der Waals surface area (Å²) in [5.74, 6) is -1.73. The van der Waals surface area contributed by atoms with Gasteiger partial charge in [0, 0.05) is 5.56 Å². The molecular weight excluding hydrogens is 173 g/mol. The topological polar surface area (TPSA) is 67.8 Å². The van der Waals surface area contributed by atoms with Crippen LogP contribution < -0.4 is 10.8 Å². The van der Waals surface area contributed by atoms with E-state index < -0.39 is 17.8 Å². The minimum Gasteiger partial charge on any atom is -0.544 e. The van der Waals surface area contributed by atoms with Crippen LogP contribution in [0.25, 0.3) is 0 Å². The number of halogens is 1. The zero-order chi connectivity index (χ0) is 10.0. The number of quaternary nitrogens is 1. The average Bonchev–Trinajstić information content (AvgIpc) is 2.08. The molecule has 0 aliphatic rings. The number of rotatable bonds is 2. The molecule has 0 radical (unpaired) electrons. The van der Waals surface area contributed by atoms with Gasteiger partial charge in [0.05, 0.1) is 0 Å². The van der Waals surface area contributed by atoms with Gasteiger partial charge in [-0.15, -0.1) is 0 Å². The van der Waals surface area contributed by atoms with Crippen molar-refractivity contribution in [2.45, 2.75) is 13.0 Å². The Labute approximate surface area is 75.0 Å². The number of benzene rings is 1. The van der Waals surface area contributed by atoms with Crippen molar-refractivity contribution in [3.05, 3.63) is 35.1 Å². The first-order chi connectivity index (χ1) is 6.02.